The molecule has 1 N–H and O–H groups in total. The first kappa shape index (κ1) is 21.8. The number of carboxylic acid groups (broad SMARTS) is 1. The Morgan fingerprint density at radius 1 is 1.03 bits per heavy atom. The van der Waals surface area contributed by atoms with Gasteiger partial charge >= 0.3 is 5.97 Å². The molecule has 1 aliphatic heterocycles. The number of benzene rings is 3. The number of hydrogen-bond donors (Lipinski definition) is 1. The Labute approximate surface area is 193 Å². The molecular formula is C23H16Cl2N2O5. The monoisotopic (exact) mass is 470 g/mol. The molecule has 9 heteroatoms. The number of aliphatic carboxylic acids is 1. The number of halogens is 2. The Bertz CT molecular complexity index is 1250. The molecule has 2 atom stereocenters. The third-order valence-corrected chi connectivity index (χ3v) is 6.02. The van der Waals surface area contributed by atoms with Crippen LogP contribution in [0.15, 0.2) is 66.7 Å². The number of nitro groups is 1. The number of carbonyl (C=O) groups is 2. The fourth-order valence-electron chi connectivity index (χ4n) is 4.09. The van der Waals surface area contributed by atoms with Gasteiger partial charge in [0.05, 0.1) is 11.0 Å². The molecule has 0 fully saturated rings. The third kappa shape index (κ3) is 3.92. The molecule has 2 unspecified atom stereocenters. The number of carbonyl (C=O) groups excluding carboxylic acids is 1. The summed E-state index contributed by atoms with van der Waals surface area (Å²) in [5.74, 6) is -2.60. The summed E-state index contributed by atoms with van der Waals surface area (Å²) in [5, 5.41) is 21.9. The second kappa shape index (κ2) is 8.61. The maximum Gasteiger partial charge on any atom is 0.313 e. The predicted octanol–water partition coefficient (Wildman–Crippen LogP) is 5.47. The summed E-state index contributed by atoms with van der Waals surface area (Å²) in [5.41, 5.74) is 1.45. The molecule has 4 rings (SSSR count). The second-order valence-electron chi connectivity index (χ2n) is 7.37. The number of nitro benzene ring substituents is 1. The van der Waals surface area contributed by atoms with E-state index in [1.54, 1.807) is 42.5 Å². The molecule has 0 aliphatic carbocycles. The van der Waals surface area contributed by atoms with Crippen LogP contribution < -0.4 is 0 Å². The zero-order chi connectivity index (χ0) is 23.0. The molecule has 0 bridgehead atoms. The maximum absolute atomic E-state index is 13.5. The van der Waals surface area contributed by atoms with Crippen LogP contribution >= 0.6 is 23.2 Å². The van der Waals surface area contributed by atoms with E-state index in [0.717, 1.165) is 0 Å². The highest BCUT2D eigenvalue weighted by molar-refractivity contribution is 6.35. The predicted molar refractivity (Wildman–Crippen MR) is 119 cm³/mol. The lowest BCUT2D eigenvalue weighted by molar-refractivity contribution is -0.384. The number of rotatable bonds is 5. The molecule has 0 saturated heterocycles. The van der Waals surface area contributed by atoms with Crippen molar-refractivity contribution in [3.63, 3.8) is 0 Å². The van der Waals surface area contributed by atoms with E-state index in [9.17, 15) is 24.8 Å². The van der Waals surface area contributed by atoms with Crippen LogP contribution in [0.25, 0.3) is 0 Å². The highest BCUT2D eigenvalue weighted by Crippen LogP contribution is 2.45. The Morgan fingerprint density at radius 3 is 2.47 bits per heavy atom. The van der Waals surface area contributed by atoms with Crippen LogP contribution in [0.3, 0.4) is 0 Å². The quantitative estimate of drug-likeness (QED) is 0.393. The average Bonchev–Trinajstić information content (AvgIpc) is 2.76. The molecule has 1 aliphatic rings. The standard InChI is InChI=1S/C23H16Cl2N2O5/c24-14-8-9-18(19(25)11-14)21-20(23(29)30)16-6-1-2-7-17(16)22(28)26(21)12-13-4-3-5-15(10-13)27(31)32/h1-11,20-21H,12H2,(H,29,30). The number of amides is 1. The van der Waals surface area contributed by atoms with Gasteiger partial charge in [0.15, 0.2) is 0 Å². The third-order valence-electron chi connectivity index (χ3n) is 5.46. The van der Waals surface area contributed by atoms with E-state index in [2.05, 4.69) is 0 Å². The molecule has 0 aromatic heterocycles. The van der Waals surface area contributed by atoms with Crippen molar-refractivity contribution in [3.8, 4) is 0 Å². The first-order valence-corrected chi connectivity index (χ1v) is 10.3. The van der Waals surface area contributed by atoms with Crippen molar-refractivity contribution in [2.24, 2.45) is 0 Å². The number of nitrogens with zero attached hydrogens (tertiary/aromatic N) is 2. The summed E-state index contributed by atoms with van der Waals surface area (Å²) < 4.78 is 0. The van der Waals surface area contributed by atoms with Crippen LogP contribution in [0.4, 0.5) is 5.69 Å². The SMILES string of the molecule is O=C(O)C1c2ccccc2C(=O)N(Cc2cccc([N+](=O)[O-])c2)C1c1ccc(Cl)cc1Cl. The minimum absolute atomic E-state index is 0.0394. The van der Waals surface area contributed by atoms with Gasteiger partial charge in [0, 0.05) is 34.3 Å². The van der Waals surface area contributed by atoms with Gasteiger partial charge in [0.2, 0.25) is 0 Å². The zero-order valence-corrected chi connectivity index (χ0v) is 18.0. The molecule has 1 heterocycles. The van der Waals surface area contributed by atoms with Crippen molar-refractivity contribution in [3.05, 3.63) is 109 Å². The summed E-state index contributed by atoms with van der Waals surface area (Å²) >= 11 is 12.5. The van der Waals surface area contributed by atoms with Crippen molar-refractivity contribution in [1.82, 2.24) is 4.90 Å². The van der Waals surface area contributed by atoms with Gasteiger partial charge in [-0.1, -0.05) is 59.6 Å². The fourth-order valence-corrected chi connectivity index (χ4v) is 4.61. The summed E-state index contributed by atoms with van der Waals surface area (Å²) in [6.45, 7) is -0.0394. The Kier molecular flexibility index (Phi) is 5.86. The second-order valence-corrected chi connectivity index (χ2v) is 8.22. The average molecular weight is 471 g/mol. The van der Waals surface area contributed by atoms with Gasteiger partial charge in [-0.25, -0.2) is 0 Å². The Balaban J connectivity index is 1.90. The van der Waals surface area contributed by atoms with Gasteiger partial charge in [0.25, 0.3) is 11.6 Å². The lowest BCUT2D eigenvalue weighted by atomic mass is 9.79. The molecular weight excluding hydrogens is 455 g/mol. The van der Waals surface area contributed by atoms with Gasteiger partial charge < -0.3 is 10.0 Å². The lowest BCUT2D eigenvalue weighted by Gasteiger charge is -2.41. The van der Waals surface area contributed by atoms with Crippen LogP contribution in [0.5, 0.6) is 0 Å². The largest absolute Gasteiger partial charge is 0.481 e. The molecule has 32 heavy (non-hydrogen) atoms. The van der Waals surface area contributed by atoms with Gasteiger partial charge in [0.1, 0.15) is 5.92 Å². The van der Waals surface area contributed by atoms with Gasteiger partial charge in [-0.15, -0.1) is 0 Å². The van der Waals surface area contributed by atoms with Crippen LogP contribution in [0, 0.1) is 10.1 Å². The van der Waals surface area contributed by atoms with Crippen molar-refractivity contribution in [1.29, 1.82) is 0 Å². The molecule has 1 amide bonds. The van der Waals surface area contributed by atoms with E-state index in [1.807, 2.05) is 0 Å². The highest BCUT2D eigenvalue weighted by atomic mass is 35.5. The van der Waals surface area contributed by atoms with Gasteiger partial charge in [-0.3, -0.25) is 19.7 Å². The summed E-state index contributed by atoms with van der Waals surface area (Å²) in [6.07, 6.45) is 0. The minimum atomic E-state index is -1.12. The summed E-state index contributed by atoms with van der Waals surface area (Å²) in [6, 6.07) is 16.2. The van der Waals surface area contributed by atoms with Crippen molar-refractivity contribution in [2.45, 2.75) is 18.5 Å². The summed E-state index contributed by atoms with van der Waals surface area (Å²) in [4.78, 5) is 38.0. The molecule has 0 radical (unpaired) electrons. The fraction of sp³-hybridized carbons (Fsp3) is 0.130. The van der Waals surface area contributed by atoms with Gasteiger partial charge in [-0.2, -0.15) is 0 Å². The molecule has 0 spiro atoms. The zero-order valence-electron chi connectivity index (χ0n) is 16.4. The number of hydrogen-bond acceptors (Lipinski definition) is 4. The normalized spacial score (nSPS) is 17.7. The number of non-ortho nitro benzene ring substituents is 1. The summed E-state index contributed by atoms with van der Waals surface area (Å²) in [7, 11) is 0. The molecule has 3 aromatic rings. The molecule has 7 nitrogen and oxygen atoms in total. The minimum Gasteiger partial charge on any atom is -0.481 e. The van der Waals surface area contributed by atoms with E-state index in [0.29, 0.717) is 21.7 Å². The van der Waals surface area contributed by atoms with Crippen LogP contribution in [-0.2, 0) is 11.3 Å². The number of carboxylic acids is 1. The molecule has 3 aromatic carbocycles. The van der Waals surface area contributed by atoms with Gasteiger partial charge in [-0.05, 0) is 34.9 Å². The van der Waals surface area contributed by atoms with Crippen LogP contribution in [-0.4, -0.2) is 26.8 Å². The molecule has 0 saturated carbocycles. The van der Waals surface area contributed by atoms with Crippen molar-refractivity contribution >= 4 is 40.8 Å². The van der Waals surface area contributed by atoms with Crippen molar-refractivity contribution in [2.75, 3.05) is 0 Å². The van der Waals surface area contributed by atoms with E-state index in [-0.39, 0.29) is 28.7 Å². The topological polar surface area (TPSA) is 101 Å². The van der Waals surface area contributed by atoms with E-state index in [4.69, 9.17) is 23.2 Å². The van der Waals surface area contributed by atoms with E-state index >= 15 is 0 Å². The first-order chi connectivity index (χ1) is 15.3. The number of fused-ring (bicyclic) bond motifs is 1. The van der Waals surface area contributed by atoms with Crippen LogP contribution in [0.1, 0.15) is 39.0 Å². The highest BCUT2D eigenvalue weighted by Gasteiger charge is 2.45. The first-order valence-electron chi connectivity index (χ1n) is 9.59. The lowest BCUT2D eigenvalue weighted by Crippen LogP contribution is -2.44. The van der Waals surface area contributed by atoms with Crippen LogP contribution in [0.2, 0.25) is 10.0 Å². The van der Waals surface area contributed by atoms with E-state index < -0.39 is 22.9 Å². The Morgan fingerprint density at radius 2 is 1.78 bits per heavy atom. The molecule has 162 valence electrons. The smallest absolute Gasteiger partial charge is 0.313 e. The maximum atomic E-state index is 13.5. The Hall–Kier alpha value is -3.42. The van der Waals surface area contributed by atoms with E-state index in [1.165, 1.54) is 29.2 Å². The van der Waals surface area contributed by atoms with Crippen molar-refractivity contribution < 1.29 is 19.6 Å².